The molecule has 2 unspecified atom stereocenters. The number of halogens is 1. The summed E-state index contributed by atoms with van der Waals surface area (Å²) in [6.45, 7) is 10.2. The van der Waals surface area contributed by atoms with E-state index in [4.69, 9.17) is 4.74 Å². The van der Waals surface area contributed by atoms with Crippen molar-refractivity contribution in [1.82, 2.24) is 4.90 Å². The van der Waals surface area contributed by atoms with Crippen LogP contribution >= 0.6 is 12.4 Å². The maximum atomic E-state index is 12.2. The Morgan fingerprint density at radius 1 is 1.00 bits per heavy atom. The molecule has 2 aromatic rings. The van der Waals surface area contributed by atoms with Crippen molar-refractivity contribution < 1.29 is 9.84 Å². The number of nitrogens with zero attached hydrogens (tertiary/aromatic N) is 1. The third-order valence-corrected chi connectivity index (χ3v) is 5.80. The van der Waals surface area contributed by atoms with Crippen molar-refractivity contribution in [2.45, 2.75) is 51.6 Å². The minimum absolute atomic E-state index is 0. The monoisotopic (exact) mass is 417 g/mol. The van der Waals surface area contributed by atoms with Crippen LogP contribution in [-0.4, -0.2) is 36.2 Å². The summed E-state index contributed by atoms with van der Waals surface area (Å²) in [5.74, 6) is 1.28. The third-order valence-electron chi connectivity index (χ3n) is 5.80. The predicted octanol–water partition coefficient (Wildman–Crippen LogP) is 5.62. The third kappa shape index (κ3) is 5.97. The average Bonchev–Trinajstić information content (AvgIpc) is 3.20. The van der Waals surface area contributed by atoms with Gasteiger partial charge in [0.1, 0.15) is 5.75 Å². The zero-order valence-corrected chi connectivity index (χ0v) is 18.8. The van der Waals surface area contributed by atoms with Crippen LogP contribution in [0.4, 0.5) is 0 Å². The fraction of sp³-hybridized carbons (Fsp3) is 0.520. The number of aliphatic hydroxyl groups is 1. The number of hydrogen-bond acceptors (Lipinski definition) is 3. The van der Waals surface area contributed by atoms with Gasteiger partial charge < -0.3 is 14.7 Å². The molecule has 3 rings (SSSR count). The van der Waals surface area contributed by atoms with Crippen LogP contribution in [0.5, 0.6) is 5.75 Å². The van der Waals surface area contributed by atoms with Crippen molar-refractivity contribution in [3.05, 3.63) is 65.7 Å². The lowest BCUT2D eigenvalue weighted by atomic mass is 9.72. The Labute approximate surface area is 182 Å². The minimum atomic E-state index is -0.914. The van der Waals surface area contributed by atoms with E-state index in [0.29, 0.717) is 12.5 Å². The summed E-state index contributed by atoms with van der Waals surface area (Å²) in [4.78, 5) is 2.51. The molecule has 160 valence electrons. The largest absolute Gasteiger partial charge is 0.494 e. The van der Waals surface area contributed by atoms with Crippen LogP contribution in [0.15, 0.2) is 54.6 Å². The van der Waals surface area contributed by atoms with Gasteiger partial charge in [0, 0.05) is 12.5 Å². The van der Waals surface area contributed by atoms with Gasteiger partial charge in [-0.3, -0.25) is 0 Å². The molecule has 0 saturated carbocycles. The summed E-state index contributed by atoms with van der Waals surface area (Å²) in [6.07, 6.45) is 3.24. The Kier molecular flexibility index (Phi) is 9.01. The first kappa shape index (κ1) is 23.7. The molecule has 3 nitrogen and oxygen atoms in total. The van der Waals surface area contributed by atoms with E-state index in [1.807, 2.05) is 31.2 Å². The lowest BCUT2D eigenvalue weighted by Gasteiger charge is -2.40. The molecule has 1 N–H and O–H groups in total. The topological polar surface area (TPSA) is 32.7 Å². The maximum absolute atomic E-state index is 12.2. The Hall–Kier alpha value is -1.55. The van der Waals surface area contributed by atoms with E-state index in [9.17, 15) is 5.11 Å². The molecule has 29 heavy (non-hydrogen) atoms. The highest BCUT2D eigenvalue weighted by atomic mass is 35.5. The number of rotatable bonds is 9. The van der Waals surface area contributed by atoms with Gasteiger partial charge in [-0.1, -0.05) is 56.3 Å². The Morgan fingerprint density at radius 2 is 1.62 bits per heavy atom. The van der Waals surface area contributed by atoms with Gasteiger partial charge in [0.2, 0.25) is 0 Å². The van der Waals surface area contributed by atoms with Gasteiger partial charge in [-0.15, -0.1) is 12.4 Å². The molecule has 1 fully saturated rings. The van der Waals surface area contributed by atoms with E-state index in [1.54, 1.807) is 0 Å². The van der Waals surface area contributed by atoms with Crippen molar-refractivity contribution in [2.75, 3.05) is 26.2 Å². The van der Waals surface area contributed by atoms with Crippen LogP contribution in [0.25, 0.3) is 0 Å². The van der Waals surface area contributed by atoms with E-state index >= 15 is 0 Å². The quantitative estimate of drug-likeness (QED) is 0.574. The zero-order chi connectivity index (χ0) is 20.0. The highest BCUT2D eigenvalue weighted by Crippen LogP contribution is 2.43. The first-order chi connectivity index (χ1) is 13.5. The van der Waals surface area contributed by atoms with Crippen molar-refractivity contribution in [1.29, 1.82) is 0 Å². The van der Waals surface area contributed by atoms with Crippen molar-refractivity contribution >= 4 is 12.4 Å². The molecule has 0 bridgehead atoms. The van der Waals surface area contributed by atoms with Crippen LogP contribution in [0.3, 0.4) is 0 Å². The van der Waals surface area contributed by atoms with Crippen LogP contribution in [0.1, 0.15) is 57.1 Å². The fourth-order valence-corrected chi connectivity index (χ4v) is 4.53. The molecule has 2 atom stereocenters. The van der Waals surface area contributed by atoms with Crippen molar-refractivity contribution in [3.63, 3.8) is 0 Å². The molecule has 4 heteroatoms. The number of ether oxygens (including phenoxy) is 1. The van der Waals surface area contributed by atoms with Gasteiger partial charge >= 0.3 is 0 Å². The summed E-state index contributed by atoms with van der Waals surface area (Å²) < 4.78 is 5.62. The lowest BCUT2D eigenvalue weighted by Crippen LogP contribution is -2.41. The first-order valence-electron chi connectivity index (χ1n) is 10.8. The average molecular weight is 418 g/mol. The number of likely N-dealkylation sites (tertiary alicyclic amines) is 1. The number of benzene rings is 2. The van der Waals surface area contributed by atoms with Gasteiger partial charge in [0.15, 0.2) is 0 Å². The molecule has 1 heterocycles. The van der Waals surface area contributed by atoms with Gasteiger partial charge in [-0.2, -0.15) is 0 Å². The second kappa shape index (κ2) is 11.0. The van der Waals surface area contributed by atoms with Crippen molar-refractivity contribution in [2.24, 2.45) is 5.92 Å². The molecule has 1 aliphatic heterocycles. The first-order valence-corrected chi connectivity index (χ1v) is 10.8. The highest BCUT2D eigenvalue weighted by molar-refractivity contribution is 5.85. The van der Waals surface area contributed by atoms with E-state index in [2.05, 4.69) is 49.1 Å². The van der Waals surface area contributed by atoms with E-state index in [0.717, 1.165) is 37.4 Å². The van der Waals surface area contributed by atoms with E-state index in [-0.39, 0.29) is 18.3 Å². The Morgan fingerprint density at radius 3 is 2.17 bits per heavy atom. The lowest BCUT2D eigenvalue weighted by molar-refractivity contribution is -0.0214. The summed E-state index contributed by atoms with van der Waals surface area (Å²) in [7, 11) is 0. The molecule has 0 spiro atoms. The van der Waals surface area contributed by atoms with Crippen LogP contribution < -0.4 is 4.74 Å². The smallest absolute Gasteiger partial charge is 0.119 e. The maximum Gasteiger partial charge on any atom is 0.119 e. The molecular weight excluding hydrogens is 382 g/mol. The number of hydrogen-bond donors (Lipinski definition) is 1. The normalized spacial score (nSPS) is 17.6. The fourth-order valence-electron chi connectivity index (χ4n) is 4.53. The standard InChI is InChI=1S/C25H35NO2.ClH/c1-4-28-23-14-12-22(13-15-23)25(27,18-20(2)3)24(19-26-16-8-9-17-26)21-10-6-5-7-11-21;/h5-7,10-15,20,24,27H,4,8-9,16-19H2,1-3H3;1H. The van der Waals surface area contributed by atoms with E-state index in [1.165, 1.54) is 18.4 Å². The highest BCUT2D eigenvalue weighted by Gasteiger charge is 2.41. The second-order valence-corrected chi connectivity index (χ2v) is 8.45. The molecule has 0 aromatic heterocycles. The van der Waals surface area contributed by atoms with Crippen LogP contribution in [0, 0.1) is 5.92 Å². The Bertz CT molecular complexity index is 713. The zero-order valence-electron chi connectivity index (χ0n) is 18.0. The van der Waals surface area contributed by atoms with Gasteiger partial charge in [0.05, 0.1) is 12.2 Å². The molecule has 0 aliphatic carbocycles. The molecule has 2 aromatic carbocycles. The van der Waals surface area contributed by atoms with Gasteiger partial charge in [-0.05, 0) is 68.5 Å². The second-order valence-electron chi connectivity index (χ2n) is 8.45. The van der Waals surface area contributed by atoms with Crippen LogP contribution in [-0.2, 0) is 5.60 Å². The molecule has 1 saturated heterocycles. The van der Waals surface area contributed by atoms with Gasteiger partial charge in [0.25, 0.3) is 0 Å². The molecule has 0 amide bonds. The summed E-state index contributed by atoms with van der Waals surface area (Å²) in [5, 5.41) is 12.2. The molecule has 1 aliphatic rings. The van der Waals surface area contributed by atoms with Crippen LogP contribution in [0.2, 0.25) is 0 Å². The van der Waals surface area contributed by atoms with Crippen molar-refractivity contribution in [3.8, 4) is 5.75 Å². The Balaban J connectivity index is 0.00000300. The van der Waals surface area contributed by atoms with E-state index < -0.39 is 5.60 Å². The predicted molar refractivity (Wildman–Crippen MR) is 123 cm³/mol. The molecule has 0 radical (unpaired) electrons. The summed E-state index contributed by atoms with van der Waals surface area (Å²) >= 11 is 0. The minimum Gasteiger partial charge on any atom is -0.494 e. The molecular formula is C25H36ClNO2. The van der Waals surface area contributed by atoms with Gasteiger partial charge in [-0.25, -0.2) is 0 Å². The summed E-state index contributed by atoms with van der Waals surface area (Å²) in [6, 6.07) is 18.6. The SMILES string of the molecule is CCOc1ccc(C(O)(CC(C)C)C(CN2CCCC2)c2ccccc2)cc1.Cl. The summed E-state index contributed by atoms with van der Waals surface area (Å²) in [5.41, 5.74) is 1.28.